The molecule has 49 heavy (non-hydrogen) atoms. The lowest BCUT2D eigenvalue weighted by atomic mass is 10.1. The van der Waals surface area contributed by atoms with E-state index in [4.69, 9.17) is 4.98 Å². The van der Waals surface area contributed by atoms with Crippen molar-refractivity contribution in [3.8, 4) is 10.6 Å². The Morgan fingerprint density at radius 1 is 0.367 bits per heavy atom. The maximum absolute atomic E-state index is 5.25. The van der Waals surface area contributed by atoms with E-state index in [0.717, 1.165) is 33.1 Å². The first kappa shape index (κ1) is 27.8. The van der Waals surface area contributed by atoms with Gasteiger partial charge in [0, 0.05) is 83.1 Å². The number of thiazole rings is 1. The van der Waals surface area contributed by atoms with E-state index in [-0.39, 0.29) is 0 Å². The molecule has 0 saturated carbocycles. The minimum absolute atomic E-state index is 1.06. The molecular weight excluding hydrogens is 673 g/mol. The van der Waals surface area contributed by atoms with Gasteiger partial charge in [0.25, 0.3) is 0 Å². The summed E-state index contributed by atoms with van der Waals surface area (Å²) in [6, 6.07) is 53.4. The third kappa shape index (κ3) is 4.32. The Kier molecular flexibility index (Phi) is 6.07. The van der Waals surface area contributed by atoms with Crippen molar-refractivity contribution in [1.29, 1.82) is 0 Å². The summed E-state index contributed by atoms with van der Waals surface area (Å²) in [7, 11) is 0. The van der Waals surface area contributed by atoms with Gasteiger partial charge in [0.2, 0.25) is 0 Å². The minimum Gasteiger partial charge on any atom is -0.310 e. The lowest BCUT2D eigenvalue weighted by molar-refractivity contribution is 1.30. The van der Waals surface area contributed by atoms with Crippen LogP contribution in [0.3, 0.4) is 0 Å². The van der Waals surface area contributed by atoms with Crippen LogP contribution in [-0.4, -0.2) is 4.98 Å². The molecule has 11 aromatic rings. The number of hydrogen-bond donors (Lipinski definition) is 0. The maximum Gasteiger partial charge on any atom is 0.124 e. The molecule has 0 unspecified atom stereocenters. The van der Waals surface area contributed by atoms with Crippen LogP contribution < -0.4 is 4.90 Å². The maximum atomic E-state index is 5.25. The first-order chi connectivity index (χ1) is 24.2. The van der Waals surface area contributed by atoms with Crippen LogP contribution in [0, 0.1) is 0 Å². The smallest absolute Gasteiger partial charge is 0.124 e. The average molecular weight is 697 g/mol. The molecule has 0 amide bonds. The number of nitrogens with zero attached hydrogens (tertiary/aromatic N) is 2. The van der Waals surface area contributed by atoms with E-state index in [1.54, 1.807) is 11.3 Å². The largest absolute Gasteiger partial charge is 0.310 e. The summed E-state index contributed by atoms with van der Waals surface area (Å²) in [5, 5.41) is 8.82. The standard InChI is InChI=1S/C43H24N2S4/c1-2-8-25(9-3-1)43-44-42-38(49-43)21-20-37-41(42)33-22-26(16-19-36(33)46-37)45(27-14-17-31-29-10-4-6-12-34(29)47-39(31)23-27)28-15-18-32-30-11-5-7-13-35(30)48-40(32)24-28/h1-24H. The van der Waals surface area contributed by atoms with E-state index >= 15 is 0 Å². The Labute approximate surface area is 297 Å². The molecule has 0 bridgehead atoms. The van der Waals surface area contributed by atoms with Crippen molar-refractivity contribution in [1.82, 2.24) is 4.98 Å². The Morgan fingerprint density at radius 2 is 0.878 bits per heavy atom. The van der Waals surface area contributed by atoms with Gasteiger partial charge in [-0.15, -0.1) is 45.3 Å². The predicted octanol–water partition coefficient (Wildman–Crippen LogP) is 14.5. The summed E-state index contributed by atoms with van der Waals surface area (Å²) in [4.78, 5) is 7.69. The van der Waals surface area contributed by atoms with Gasteiger partial charge in [-0.1, -0.05) is 78.9 Å². The molecule has 0 spiro atoms. The van der Waals surface area contributed by atoms with Gasteiger partial charge in [-0.05, 0) is 66.7 Å². The Morgan fingerprint density at radius 3 is 1.57 bits per heavy atom. The number of aromatic nitrogens is 1. The molecule has 2 nitrogen and oxygen atoms in total. The number of hydrogen-bond acceptors (Lipinski definition) is 6. The topological polar surface area (TPSA) is 16.1 Å². The predicted molar refractivity (Wildman–Crippen MR) is 218 cm³/mol. The lowest BCUT2D eigenvalue weighted by Crippen LogP contribution is -2.09. The van der Waals surface area contributed by atoms with E-state index in [0.29, 0.717) is 0 Å². The van der Waals surface area contributed by atoms with Crippen LogP contribution in [0.1, 0.15) is 0 Å². The number of rotatable bonds is 4. The third-order valence-electron chi connectivity index (χ3n) is 9.50. The molecule has 7 aromatic carbocycles. The van der Waals surface area contributed by atoms with Gasteiger partial charge in [-0.2, -0.15) is 0 Å². The molecule has 6 heteroatoms. The minimum atomic E-state index is 1.06. The molecule has 4 heterocycles. The molecule has 0 aliphatic heterocycles. The molecule has 230 valence electrons. The third-order valence-corrected chi connectivity index (χ3v) is 14.0. The van der Waals surface area contributed by atoms with Crippen molar-refractivity contribution in [3.05, 3.63) is 146 Å². The molecule has 0 fully saturated rings. The molecule has 4 aromatic heterocycles. The number of benzene rings is 7. The van der Waals surface area contributed by atoms with Gasteiger partial charge in [-0.25, -0.2) is 4.98 Å². The van der Waals surface area contributed by atoms with Gasteiger partial charge in [-0.3, -0.25) is 0 Å². The molecule has 0 aliphatic rings. The van der Waals surface area contributed by atoms with Crippen LogP contribution in [-0.2, 0) is 0 Å². The summed E-state index contributed by atoms with van der Waals surface area (Å²) in [5.74, 6) is 0. The van der Waals surface area contributed by atoms with Gasteiger partial charge in [0.15, 0.2) is 0 Å². The summed E-state index contributed by atoms with van der Waals surface area (Å²) >= 11 is 7.36. The number of anilines is 3. The normalized spacial score (nSPS) is 12.1. The molecule has 0 saturated heterocycles. The zero-order chi connectivity index (χ0) is 32.1. The SMILES string of the molecule is c1ccc(-c2nc3c(ccc4sc5ccc(N(c6ccc7c(c6)sc6ccccc67)c6ccc7c(c6)sc6ccccc67)cc5c43)s2)cc1. The van der Waals surface area contributed by atoms with Crippen molar-refractivity contribution in [2.75, 3.05) is 4.90 Å². The van der Waals surface area contributed by atoms with Gasteiger partial charge in [0.1, 0.15) is 5.01 Å². The van der Waals surface area contributed by atoms with Crippen LogP contribution >= 0.6 is 45.3 Å². The highest BCUT2D eigenvalue weighted by molar-refractivity contribution is 7.27. The Bertz CT molecular complexity index is 2960. The summed E-state index contributed by atoms with van der Waals surface area (Å²) in [6.07, 6.45) is 0. The van der Waals surface area contributed by atoms with Crippen molar-refractivity contribution in [3.63, 3.8) is 0 Å². The van der Waals surface area contributed by atoms with E-state index in [1.165, 1.54) is 65.2 Å². The van der Waals surface area contributed by atoms with E-state index < -0.39 is 0 Å². The molecular formula is C43H24N2S4. The van der Waals surface area contributed by atoms with Crippen molar-refractivity contribution >= 4 is 133 Å². The number of fused-ring (bicyclic) bond motifs is 11. The van der Waals surface area contributed by atoms with Crippen molar-refractivity contribution < 1.29 is 0 Å². The quantitative estimate of drug-likeness (QED) is 0.182. The zero-order valence-electron chi connectivity index (χ0n) is 25.9. The summed E-state index contributed by atoms with van der Waals surface area (Å²) in [6.45, 7) is 0. The summed E-state index contributed by atoms with van der Waals surface area (Å²) in [5.41, 5.74) is 5.71. The van der Waals surface area contributed by atoms with Crippen LogP contribution in [0.4, 0.5) is 17.1 Å². The van der Waals surface area contributed by atoms with Gasteiger partial charge in [0.05, 0.1) is 10.2 Å². The Balaban J connectivity index is 1.15. The molecule has 0 aliphatic carbocycles. The first-order valence-electron chi connectivity index (χ1n) is 16.2. The summed E-state index contributed by atoms with van der Waals surface area (Å²) < 4.78 is 9.01. The highest BCUT2D eigenvalue weighted by Gasteiger charge is 2.19. The van der Waals surface area contributed by atoms with Gasteiger partial charge < -0.3 is 4.90 Å². The van der Waals surface area contributed by atoms with E-state index in [1.807, 2.05) is 34.0 Å². The van der Waals surface area contributed by atoms with Crippen molar-refractivity contribution in [2.45, 2.75) is 0 Å². The van der Waals surface area contributed by atoms with Gasteiger partial charge >= 0.3 is 0 Å². The fourth-order valence-electron chi connectivity index (χ4n) is 7.24. The first-order valence-corrected chi connectivity index (χ1v) is 19.5. The highest BCUT2D eigenvalue weighted by Crippen LogP contribution is 2.46. The van der Waals surface area contributed by atoms with Crippen LogP contribution in [0.15, 0.2) is 146 Å². The second-order valence-corrected chi connectivity index (χ2v) is 16.6. The van der Waals surface area contributed by atoms with E-state index in [9.17, 15) is 0 Å². The molecule has 0 atom stereocenters. The molecule has 0 radical (unpaired) electrons. The zero-order valence-corrected chi connectivity index (χ0v) is 29.1. The van der Waals surface area contributed by atoms with Crippen LogP contribution in [0.5, 0.6) is 0 Å². The molecule has 11 rings (SSSR count). The lowest BCUT2D eigenvalue weighted by Gasteiger charge is -2.26. The fraction of sp³-hybridized carbons (Fsp3) is 0. The second-order valence-electron chi connectivity index (χ2n) is 12.3. The highest BCUT2D eigenvalue weighted by atomic mass is 32.1. The fourth-order valence-corrected chi connectivity index (χ4v) is 11.6. The van der Waals surface area contributed by atoms with Crippen molar-refractivity contribution in [2.24, 2.45) is 0 Å². The van der Waals surface area contributed by atoms with Crippen LogP contribution in [0.25, 0.3) is 81.3 Å². The average Bonchev–Trinajstić information content (AvgIpc) is 3.92. The Hall–Kier alpha value is -5.11. The number of thiophene rings is 3. The van der Waals surface area contributed by atoms with Crippen LogP contribution in [0.2, 0.25) is 0 Å². The second kappa shape index (κ2) is 10.7. The monoisotopic (exact) mass is 696 g/mol. The van der Waals surface area contributed by atoms with E-state index in [2.05, 4.69) is 150 Å². The molecule has 0 N–H and O–H groups in total.